The molecule has 0 aromatic heterocycles. The lowest BCUT2D eigenvalue weighted by Crippen LogP contribution is -2.63. The first kappa shape index (κ1) is 21.2. The molecule has 0 spiro atoms. The van der Waals surface area contributed by atoms with Crippen LogP contribution < -0.4 is 0 Å². The van der Waals surface area contributed by atoms with Gasteiger partial charge >= 0.3 is 0 Å². The van der Waals surface area contributed by atoms with Crippen LogP contribution in [-0.2, 0) is 4.79 Å². The molecule has 0 amide bonds. The van der Waals surface area contributed by atoms with Crippen LogP contribution in [0.15, 0.2) is 11.6 Å². The summed E-state index contributed by atoms with van der Waals surface area (Å²) in [6.45, 7) is 12.5. The van der Waals surface area contributed by atoms with E-state index in [1.165, 1.54) is 51.2 Å². The van der Waals surface area contributed by atoms with Gasteiger partial charge in [0, 0.05) is 5.41 Å². The molecule has 4 fully saturated rings. The molecule has 0 aromatic carbocycles. The highest BCUT2D eigenvalue weighted by Crippen LogP contribution is 2.74. The lowest BCUT2D eigenvalue weighted by molar-refractivity contribution is -0.179. The van der Waals surface area contributed by atoms with Gasteiger partial charge in [0.2, 0.25) is 0 Å². The summed E-state index contributed by atoms with van der Waals surface area (Å²) in [5.41, 5.74) is 2.50. The van der Waals surface area contributed by atoms with Crippen molar-refractivity contribution < 1.29 is 9.90 Å². The van der Waals surface area contributed by atoms with E-state index >= 15 is 0 Å². The van der Waals surface area contributed by atoms with Crippen molar-refractivity contribution in [2.24, 2.45) is 51.2 Å². The molecule has 5 aliphatic rings. The molecule has 0 bridgehead atoms. The Bertz CT molecular complexity index is 756. The van der Waals surface area contributed by atoms with Crippen LogP contribution >= 0.6 is 0 Å². The van der Waals surface area contributed by atoms with Crippen LogP contribution in [0.1, 0.15) is 98.8 Å². The zero-order chi connectivity index (χ0) is 21.5. The summed E-state index contributed by atoms with van der Waals surface area (Å²) >= 11 is 0. The van der Waals surface area contributed by atoms with E-state index < -0.39 is 0 Å². The number of aliphatic hydroxyl groups is 1. The summed E-state index contributed by atoms with van der Waals surface area (Å²) in [5, 5.41) is 10.6. The van der Waals surface area contributed by atoms with Crippen LogP contribution in [0.2, 0.25) is 0 Å². The number of aldehydes is 1. The summed E-state index contributed by atoms with van der Waals surface area (Å²) in [7, 11) is 0. The molecule has 2 heteroatoms. The fourth-order valence-electron chi connectivity index (χ4n) is 9.97. The zero-order valence-corrected chi connectivity index (χ0v) is 20.0. The van der Waals surface area contributed by atoms with E-state index in [9.17, 15) is 9.90 Å². The lowest BCUT2D eigenvalue weighted by atomic mass is 9.35. The highest BCUT2D eigenvalue weighted by molar-refractivity contribution is 5.63. The van der Waals surface area contributed by atoms with Crippen molar-refractivity contribution in [3.8, 4) is 0 Å². The average molecular weight is 413 g/mol. The number of carbonyl (C=O) groups excluding carboxylic acids is 1. The smallest absolute Gasteiger partial charge is 0.126 e. The second-order valence-corrected chi connectivity index (χ2v) is 13.1. The van der Waals surface area contributed by atoms with Crippen LogP contribution in [0.3, 0.4) is 0 Å². The number of hydrogen-bond donors (Lipinski definition) is 1. The second-order valence-electron chi connectivity index (χ2n) is 13.1. The maximum atomic E-state index is 12.4. The largest absolute Gasteiger partial charge is 0.393 e. The maximum absolute atomic E-state index is 12.4. The molecule has 2 nitrogen and oxygen atoms in total. The third-order valence-corrected chi connectivity index (χ3v) is 12.2. The summed E-state index contributed by atoms with van der Waals surface area (Å²) in [5.74, 6) is 3.01. The zero-order valence-electron chi connectivity index (χ0n) is 20.0. The molecule has 4 saturated carbocycles. The molecule has 0 saturated heterocycles. The van der Waals surface area contributed by atoms with Crippen molar-refractivity contribution in [2.45, 2.75) is 105 Å². The Morgan fingerprint density at radius 1 is 1.00 bits per heavy atom. The molecule has 10 atom stereocenters. The highest BCUT2D eigenvalue weighted by Gasteiger charge is 2.66. The number of allylic oxidation sites excluding steroid dienone is 2. The first-order valence-corrected chi connectivity index (χ1v) is 13.0. The molecular weight excluding hydrogens is 368 g/mol. The van der Waals surface area contributed by atoms with Gasteiger partial charge in [-0.1, -0.05) is 46.3 Å². The molecule has 30 heavy (non-hydrogen) atoms. The average Bonchev–Trinajstić information content (AvgIpc) is 2.72. The van der Waals surface area contributed by atoms with Crippen LogP contribution in [0.4, 0.5) is 0 Å². The minimum absolute atomic E-state index is 0.0778. The highest BCUT2D eigenvalue weighted by atomic mass is 16.3. The van der Waals surface area contributed by atoms with Crippen LogP contribution in [0, 0.1) is 51.2 Å². The van der Waals surface area contributed by atoms with Crippen LogP contribution in [0.25, 0.3) is 0 Å². The van der Waals surface area contributed by atoms with Crippen molar-refractivity contribution in [1.29, 1.82) is 0 Å². The first-order valence-electron chi connectivity index (χ1n) is 13.0. The molecular formula is C28H44O2. The Hall–Kier alpha value is -0.630. The summed E-state index contributed by atoms with van der Waals surface area (Å²) in [4.78, 5) is 12.4. The van der Waals surface area contributed by atoms with E-state index in [4.69, 9.17) is 0 Å². The third-order valence-electron chi connectivity index (χ3n) is 12.2. The van der Waals surface area contributed by atoms with E-state index in [-0.39, 0.29) is 16.9 Å². The fraction of sp³-hybridized carbons (Fsp3) is 0.893. The normalized spacial score (nSPS) is 57.9. The summed E-state index contributed by atoms with van der Waals surface area (Å²) < 4.78 is 0. The minimum Gasteiger partial charge on any atom is -0.393 e. The van der Waals surface area contributed by atoms with Gasteiger partial charge in [0.05, 0.1) is 6.10 Å². The second kappa shape index (κ2) is 6.69. The van der Waals surface area contributed by atoms with E-state index in [0.29, 0.717) is 34.5 Å². The number of aliphatic hydroxyl groups excluding tert-OH is 1. The van der Waals surface area contributed by atoms with Crippen molar-refractivity contribution in [3.05, 3.63) is 11.6 Å². The Balaban J connectivity index is 1.57. The number of carbonyl (C=O) groups is 1. The Morgan fingerprint density at radius 3 is 2.50 bits per heavy atom. The monoisotopic (exact) mass is 412 g/mol. The van der Waals surface area contributed by atoms with E-state index in [1.54, 1.807) is 5.57 Å². The standard InChI is InChI=1S/C28H44O2/c1-18-8-13-28(17-29)15-14-26(4)21(22(28)16-18)6-7-24-25(3)11-10-23(30)19(2)20(25)9-12-27(24,26)5/h6,17-20,22-24,30H,7-16H2,1-5H3. The Morgan fingerprint density at radius 2 is 1.77 bits per heavy atom. The molecule has 0 aliphatic heterocycles. The summed E-state index contributed by atoms with van der Waals surface area (Å²) in [6, 6.07) is 0. The van der Waals surface area contributed by atoms with Gasteiger partial charge in [-0.05, 0) is 110 Å². The molecule has 5 rings (SSSR count). The molecule has 0 radical (unpaired) electrons. The van der Waals surface area contributed by atoms with Crippen LogP contribution in [-0.4, -0.2) is 17.5 Å². The van der Waals surface area contributed by atoms with Gasteiger partial charge in [-0.3, -0.25) is 0 Å². The molecule has 5 aliphatic carbocycles. The topological polar surface area (TPSA) is 37.3 Å². The van der Waals surface area contributed by atoms with Crippen LogP contribution in [0.5, 0.6) is 0 Å². The van der Waals surface area contributed by atoms with E-state index in [1.807, 2.05) is 0 Å². The van der Waals surface area contributed by atoms with Gasteiger partial charge in [-0.25, -0.2) is 0 Å². The SMILES string of the molecule is CC1CCC2(C=O)CCC3(C)C(=CCC4C5(C)CCC(O)C(C)C5CCC43C)C2C1. The van der Waals surface area contributed by atoms with Gasteiger partial charge in [0.1, 0.15) is 6.29 Å². The molecule has 168 valence electrons. The predicted octanol–water partition coefficient (Wildman–Crippen LogP) is 6.57. The molecule has 0 aromatic rings. The third kappa shape index (κ3) is 2.49. The minimum atomic E-state index is -0.107. The van der Waals surface area contributed by atoms with Gasteiger partial charge in [0.15, 0.2) is 0 Å². The van der Waals surface area contributed by atoms with Crippen molar-refractivity contribution in [1.82, 2.24) is 0 Å². The van der Waals surface area contributed by atoms with Gasteiger partial charge in [-0.2, -0.15) is 0 Å². The van der Waals surface area contributed by atoms with E-state index in [0.717, 1.165) is 25.2 Å². The lowest BCUT2D eigenvalue weighted by Gasteiger charge is -2.69. The fourth-order valence-corrected chi connectivity index (χ4v) is 9.97. The van der Waals surface area contributed by atoms with Gasteiger partial charge in [0.25, 0.3) is 0 Å². The summed E-state index contributed by atoms with van der Waals surface area (Å²) in [6.07, 6.45) is 15.6. The molecule has 1 N–H and O–H groups in total. The predicted molar refractivity (Wildman–Crippen MR) is 122 cm³/mol. The van der Waals surface area contributed by atoms with Crippen molar-refractivity contribution >= 4 is 6.29 Å². The first-order chi connectivity index (χ1) is 14.1. The van der Waals surface area contributed by atoms with Crippen molar-refractivity contribution in [2.75, 3.05) is 0 Å². The maximum Gasteiger partial charge on any atom is 0.126 e. The van der Waals surface area contributed by atoms with Gasteiger partial charge in [-0.15, -0.1) is 0 Å². The quantitative estimate of drug-likeness (QED) is 0.391. The Kier molecular flexibility index (Phi) is 4.73. The molecule has 0 heterocycles. The Labute approximate surface area is 184 Å². The number of hydrogen-bond acceptors (Lipinski definition) is 2. The van der Waals surface area contributed by atoms with Crippen molar-refractivity contribution in [3.63, 3.8) is 0 Å². The van der Waals surface area contributed by atoms with E-state index in [2.05, 4.69) is 40.7 Å². The van der Waals surface area contributed by atoms with Gasteiger partial charge < -0.3 is 9.90 Å². The number of fused-ring (bicyclic) bond motifs is 7. The number of rotatable bonds is 1. The molecule has 10 unspecified atom stereocenters.